The van der Waals surface area contributed by atoms with E-state index in [4.69, 9.17) is 4.98 Å². The average Bonchev–Trinajstić information content (AvgIpc) is 2.68. The van der Waals surface area contributed by atoms with E-state index in [1.54, 1.807) is 11.3 Å². The van der Waals surface area contributed by atoms with Gasteiger partial charge in [0.15, 0.2) is 0 Å². The van der Waals surface area contributed by atoms with Crippen LogP contribution in [0.1, 0.15) is 9.88 Å². The van der Waals surface area contributed by atoms with Crippen LogP contribution in [-0.2, 0) is 6.42 Å². The molecule has 0 aliphatic rings. The Balaban J connectivity index is 2.24. The molecular weight excluding hydrogens is 308 g/mol. The Morgan fingerprint density at radius 1 is 1.33 bits per heavy atom. The van der Waals surface area contributed by atoms with E-state index in [0.29, 0.717) is 0 Å². The molecule has 0 aliphatic carbocycles. The highest BCUT2D eigenvalue weighted by atomic mass is 79.9. The Morgan fingerprint density at radius 2 is 2.11 bits per heavy atom. The van der Waals surface area contributed by atoms with E-state index in [1.165, 1.54) is 15.4 Å². The van der Waals surface area contributed by atoms with E-state index in [9.17, 15) is 0 Å². The predicted octanol–water partition coefficient (Wildman–Crippen LogP) is 3.99. The van der Waals surface area contributed by atoms with E-state index in [0.717, 1.165) is 23.1 Å². The highest BCUT2D eigenvalue weighted by Crippen LogP contribution is 2.29. The third kappa shape index (κ3) is 3.40. The number of benzene rings is 1. The lowest BCUT2D eigenvalue weighted by atomic mass is 10.1. The van der Waals surface area contributed by atoms with Crippen molar-refractivity contribution in [1.82, 2.24) is 9.88 Å². The number of likely N-dealkylation sites (N-methyl/N-ethyl adjacent to an activating group) is 1. The van der Waals surface area contributed by atoms with Crippen molar-refractivity contribution in [3.63, 3.8) is 0 Å². The van der Waals surface area contributed by atoms with Crippen molar-refractivity contribution in [2.24, 2.45) is 0 Å². The van der Waals surface area contributed by atoms with Crippen LogP contribution in [0, 0.1) is 6.92 Å². The minimum Gasteiger partial charge on any atom is -0.309 e. The van der Waals surface area contributed by atoms with Gasteiger partial charge in [0, 0.05) is 27.9 Å². The molecule has 1 aromatic carbocycles. The number of rotatable bonds is 4. The predicted molar refractivity (Wildman–Crippen MR) is 82.2 cm³/mol. The summed E-state index contributed by atoms with van der Waals surface area (Å²) in [6.07, 6.45) is 1.02. The second-order valence-corrected chi connectivity index (χ2v) is 6.78. The van der Waals surface area contributed by atoms with Crippen LogP contribution in [0.5, 0.6) is 0 Å². The Hall–Kier alpha value is -0.710. The number of hydrogen-bond donors (Lipinski definition) is 0. The summed E-state index contributed by atoms with van der Waals surface area (Å²) in [6, 6.07) is 8.33. The molecular formula is C14H17BrN2S. The van der Waals surface area contributed by atoms with E-state index >= 15 is 0 Å². The molecule has 0 saturated carbocycles. The SMILES string of the molecule is Cc1sc(CCN(C)C)nc1-c1cccc(Br)c1. The molecule has 0 bridgehead atoms. The summed E-state index contributed by atoms with van der Waals surface area (Å²) in [6.45, 7) is 3.19. The molecule has 96 valence electrons. The lowest BCUT2D eigenvalue weighted by Gasteiger charge is -2.06. The quantitative estimate of drug-likeness (QED) is 0.845. The molecule has 2 rings (SSSR count). The van der Waals surface area contributed by atoms with Gasteiger partial charge in [-0.1, -0.05) is 28.1 Å². The molecule has 0 radical (unpaired) electrons. The highest BCUT2D eigenvalue weighted by Gasteiger charge is 2.10. The Kier molecular flexibility index (Phi) is 4.54. The van der Waals surface area contributed by atoms with Crippen LogP contribution in [-0.4, -0.2) is 30.5 Å². The number of nitrogens with zero attached hydrogens (tertiary/aromatic N) is 2. The summed E-state index contributed by atoms with van der Waals surface area (Å²) in [4.78, 5) is 8.25. The zero-order valence-electron chi connectivity index (χ0n) is 10.9. The van der Waals surface area contributed by atoms with Gasteiger partial charge in [0.1, 0.15) is 0 Å². The highest BCUT2D eigenvalue weighted by molar-refractivity contribution is 9.10. The van der Waals surface area contributed by atoms with Gasteiger partial charge in [0.25, 0.3) is 0 Å². The topological polar surface area (TPSA) is 16.1 Å². The van der Waals surface area contributed by atoms with Gasteiger partial charge >= 0.3 is 0 Å². The molecule has 18 heavy (non-hydrogen) atoms. The Morgan fingerprint density at radius 3 is 2.78 bits per heavy atom. The van der Waals surface area contributed by atoms with Crippen molar-refractivity contribution in [3.05, 3.63) is 38.6 Å². The maximum Gasteiger partial charge on any atom is 0.0948 e. The lowest BCUT2D eigenvalue weighted by molar-refractivity contribution is 0.413. The summed E-state index contributed by atoms with van der Waals surface area (Å²) >= 11 is 5.31. The summed E-state index contributed by atoms with van der Waals surface area (Å²) in [5.41, 5.74) is 2.31. The molecule has 0 fully saturated rings. The molecule has 0 amide bonds. The Bertz CT molecular complexity index is 534. The molecule has 2 aromatic rings. The first-order chi connectivity index (χ1) is 8.56. The maximum absolute atomic E-state index is 4.76. The van der Waals surface area contributed by atoms with Crippen molar-refractivity contribution in [3.8, 4) is 11.3 Å². The second-order valence-electron chi connectivity index (χ2n) is 4.58. The molecule has 0 atom stereocenters. The van der Waals surface area contributed by atoms with Crippen LogP contribution < -0.4 is 0 Å². The minimum absolute atomic E-state index is 1.02. The van der Waals surface area contributed by atoms with Crippen molar-refractivity contribution < 1.29 is 0 Å². The molecule has 0 spiro atoms. The van der Waals surface area contributed by atoms with E-state index in [2.05, 4.69) is 60.0 Å². The van der Waals surface area contributed by atoms with Gasteiger partial charge in [-0.3, -0.25) is 0 Å². The zero-order valence-corrected chi connectivity index (χ0v) is 13.3. The molecule has 0 unspecified atom stereocenters. The van der Waals surface area contributed by atoms with Gasteiger partial charge in [-0.05, 0) is 33.2 Å². The van der Waals surface area contributed by atoms with Gasteiger partial charge in [-0.2, -0.15) is 0 Å². The number of halogens is 1. The molecule has 1 heterocycles. The third-order valence-electron chi connectivity index (χ3n) is 2.71. The van der Waals surface area contributed by atoms with Gasteiger partial charge in [-0.15, -0.1) is 11.3 Å². The van der Waals surface area contributed by atoms with Crippen molar-refractivity contribution in [2.75, 3.05) is 20.6 Å². The van der Waals surface area contributed by atoms with Crippen LogP contribution in [0.2, 0.25) is 0 Å². The molecule has 4 heteroatoms. The molecule has 0 aliphatic heterocycles. The van der Waals surface area contributed by atoms with Gasteiger partial charge in [-0.25, -0.2) is 4.98 Å². The molecule has 1 aromatic heterocycles. The molecule has 2 nitrogen and oxygen atoms in total. The summed E-state index contributed by atoms with van der Waals surface area (Å²) in [5, 5.41) is 1.22. The number of aryl methyl sites for hydroxylation is 1. The maximum atomic E-state index is 4.76. The van der Waals surface area contributed by atoms with Crippen molar-refractivity contribution in [2.45, 2.75) is 13.3 Å². The number of thiazole rings is 1. The fourth-order valence-corrected chi connectivity index (χ4v) is 3.12. The first kappa shape index (κ1) is 13.7. The lowest BCUT2D eigenvalue weighted by Crippen LogP contribution is -2.14. The van der Waals surface area contributed by atoms with Crippen molar-refractivity contribution >= 4 is 27.3 Å². The smallest absolute Gasteiger partial charge is 0.0948 e. The summed E-state index contributed by atoms with van der Waals surface area (Å²) in [5.74, 6) is 0. The van der Waals surface area contributed by atoms with E-state index < -0.39 is 0 Å². The number of aromatic nitrogens is 1. The van der Waals surface area contributed by atoms with Crippen LogP contribution in [0.3, 0.4) is 0 Å². The van der Waals surface area contributed by atoms with Crippen LogP contribution in [0.25, 0.3) is 11.3 Å². The first-order valence-corrected chi connectivity index (χ1v) is 7.54. The Labute approximate surface area is 121 Å². The van der Waals surface area contributed by atoms with Gasteiger partial charge in [0.2, 0.25) is 0 Å². The summed E-state index contributed by atoms with van der Waals surface area (Å²) in [7, 11) is 4.19. The van der Waals surface area contributed by atoms with E-state index in [-0.39, 0.29) is 0 Å². The van der Waals surface area contributed by atoms with Crippen LogP contribution >= 0.6 is 27.3 Å². The van der Waals surface area contributed by atoms with E-state index in [1.807, 2.05) is 6.07 Å². The first-order valence-electron chi connectivity index (χ1n) is 5.93. The monoisotopic (exact) mass is 324 g/mol. The van der Waals surface area contributed by atoms with Crippen molar-refractivity contribution in [1.29, 1.82) is 0 Å². The van der Waals surface area contributed by atoms with Crippen LogP contribution in [0.15, 0.2) is 28.7 Å². The average molecular weight is 325 g/mol. The normalized spacial score (nSPS) is 11.2. The van der Waals surface area contributed by atoms with Crippen LogP contribution in [0.4, 0.5) is 0 Å². The second kappa shape index (κ2) is 5.95. The fraction of sp³-hybridized carbons (Fsp3) is 0.357. The van der Waals surface area contributed by atoms with Gasteiger partial charge in [0.05, 0.1) is 10.7 Å². The zero-order chi connectivity index (χ0) is 13.1. The standard InChI is InChI=1S/C14H17BrN2S/c1-10-14(11-5-4-6-12(15)9-11)16-13(18-10)7-8-17(2)3/h4-6,9H,7-8H2,1-3H3. The minimum atomic E-state index is 1.02. The molecule has 0 N–H and O–H groups in total. The summed E-state index contributed by atoms with van der Waals surface area (Å²) < 4.78 is 1.10. The molecule has 0 saturated heterocycles. The fourth-order valence-electron chi connectivity index (χ4n) is 1.78. The third-order valence-corrected chi connectivity index (χ3v) is 4.24. The van der Waals surface area contributed by atoms with Gasteiger partial charge < -0.3 is 4.90 Å². The number of hydrogen-bond acceptors (Lipinski definition) is 3. The largest absolute Gasteiger partial charge is 0.309 e.